The summed E-state index contributed by atoms with van der Waals surface area (Å²) in [5, 5.41) is 7.43. The van der Waals surface area contributed by atoms with Crippen LogP contribution >= 0.6 is 11.8 Å². The van der Waals surface area contributed by atoms with Crippen molar-refractivity contribution in [1.82, 2.24) is 15.5 Å². The van der Waals surface area contributed by atoms with Gasteiger partial charge in [-0.3, -0.25) is 4.79 Å². The van der Waals surface area contributed by atoms with E-state index in [4.69, 9.17) is 9.26 Å². The van der Waals surface area contributed by atoms with Gasteiger partial charge in [0.1, 0.15) is 10.8 Å². The molecule has 0 atom stereocenters. The molecular weight excluding hydrogens is 302 g/mol. The molecule has 0 saturated heterocycles. The predicted octanol–water partition coefficient (Wildman–Crippen LogP) is 2.35. The van der Waals surface area contributed by atoms with Crippen LogP contribution in [0.1, 0.15) is 27.4 Å². The van der Waals surface area contributed by atoms with E-state index in [1.54, 1.807) is 25.4 Å². The number of aromatic nitrogens is 2. The summed E-state index contributed by atoms with van der Waals surface area (Å²) in [4.78, 5) is 16.5. The lowest BCUT2D eigenvalue weighted by Gasteiger charge is -2.08. The molecule has 2 aromatic heterocycles. The summed E-state index contributed by atoms with van der Waals surface area (Å²) in [6.07, 6.45) is 1.68. The summed E-state index contributed by atoms with van der Waals surface area (Å²) >= 11 is 1.50. The van der Waals surface area contributed by atoms with Crippen molar-refractivity contribution in [2.24, 2.45) is 0 Å². The SMILES string of the molecule is COCCNC(=O)c1cccnc1SCc1c(C)noc1C. The first-order valence-corrected chi connectivity index (χ1v) is 7.88. The molecule has 0 bridgehead atoms. The van der Waals surface area contributed by atoms with Gasteiger partial charge in [0.15, 0.2) is 0 Å². The highest BCUT2D eigenvalue weighted by molar-refractivity contribution is 7.98. The Kier molecular flexibility index (Phi) is 5.97. The summed E-state index contributed by atoms with van der Waals surface area (Å²) < 4.78 is 10.1. The van der Waals surface area contributed by atoms with Gasteiger partial charge in [-0.1, -0.05) is 5.16 Å². The largest absolute Gasteiger partial charge is 0.383 e. The standard InChI is InChI=1S/C15H19N3O3S/c1-10-13(11(2)21-18-10)9-22-15-12(5-4-6-17-15)14(19)16-7-8-20-3/h4-6H,7-9H2,1-3H3,(H,16,19). The van der Waals surface area contributed by atoms with Gasteiger partial charge in [-0.2, -0.15) is 0 Å². The van der Waals surface area contributed by atoms with Gasteiger partial charge in [-0.25, -0.2) is 4.98 Å². The van der Waals surface area contributed by atoms with Crippen LogP contribution in [-0.2, 0) is 10.5 Å². The number of carbonyl (C=O) groups excluding carboxylic acids is 1. The maximum absolute atomic E-state index is 12.2. The summed E-state index contributed by atoms with van der Waals surface area (Å²) in [5.74, 6) is 1.31. The Hall–Kier alpha value is -1.86. The minimum absolute atomic E-state index is 0.147. The normalized spacial score (nSPS) is 10.7. The minimum atomic E-state index is -0.147. The zero-order chi connectivity index (χ0) is 15.9. The van der Waals surface area contributed by atoms with Crippen molar-refractivity contribution >= 4 is 17.7 Å². The van der Waals surface area contributed by atoms with E-state index in [2.05, 4.69) is 15.5 Å². The topological polar surface area (TPSA) is 77.2 Å². The van der Waals surface area contributed by atoms with Gasteiger partial charge in [-0.05, 0) is 26.0 Å². The average molecular weight is 321 g/mol. The van der Waals surface area contributed by atoms with Crippen molar-refractivity contribution in [3.8, 4) is 0 Å². The molecule has 118 valence electrons. The summed E-state index contributed by atoms with van der Waals surface area (Å²) in [6, 6.07) is 3.52. The van der Waals surface area contributed by atoms with Crippen LogP contribution in [-0.4, -0.2) is 36.3 Å². The highest BCUT2D eigenvalue weighted by Gasteiger charge is 2.15. The number of aryl methyl sites for hydroxylation is 2. The Bertz CT molecular complexity index is 623. The van der Waals surface area contributed by atoms with Crippen molar-refractivity contribution < 1.29 is 14.1 Å². The van der Waals surface area contributed by atoms with Crippen LogP contribution in [0, 0.1) is 13.8 Å². The van der Waals surface area contributed by atoms with Crippen LogP contribution < -0.4 is 5.32 Å². The summed E-state index contributed by atoms with van der Waals surface area (Å²) in [5.41, 5.74) is 2.48. The van der Waals surface area contributed by atoms with E-state index < -0.39 is 0 Å². The fourth-order valence-electron chi connectivity index (χ4n) is 1.89. The van der Waals surface area contributed by atoms with Gasteiger partial charge >= 0.3 is 0 Å². The number of ether oxygens (including phenoxy) is 1. The molecule has 6 nitrogen and oxygen atoms in total. The zero-order valence-electron chi connectivity index (χ0n) is 12.9. The third kappa shape index (κ3) is 4.08. The third-order valence-electron chi connectivity index (χ3n) is 3.14. The molecule has 0 aliphatic carbocycles. The second kappa shape index (κ2) is 7.95. The van der Waals surface area contributed by atoms with E-state index in [1.165, 1.54) is 11.8 Å². The van der Waals surface area contributed by atoms with E-state index in [0.29, 0.717) is 29.5 Å². The lowest BCUT2D eigenvalue weighted by molar-refractivity contribution is 0.0933. The Morgan fingerprint density at radius 1 is 1.45 bits per heavy atom. The Labute approximate surface area is 133 Å². The number of pyridine rings is 1. The van der Waals surface area contributed by atoms with Gasteiger partial charge < -0.3 is 14.6 Å². The van der Waals surface area contributed by atoms with Crippen LogP contribution in [0.3, 0.4) is 0 Å². The summed E-state index contributed by atoms with van der Waals surface area (Å²) in [7, 11) is 1.60. The first kappa shape index (κ1) is 16.5. The maximum Gasteiger partial charge on any atom is 0.254 e. The first-order chi connectivity index (χ1) is 10.6. The fourth-order valence-corrected chi connectivity index (χ4v) is 3.03. The lowest BCUT2D eigenvalue weighted by atomic mass is 10.2. The number of nitrogens with zero attached hydrogens (tertiary/aromatic N) is 2. The molecule has 1 amide bonds. The van der Waals surface area contributed by atoms with Crippen molar-refractivity contribution in [3.63, 3.8) is 0 Å². The summed E-state index contributed by atoms with van der Waals surface area (Å²) in [6.45, 7) is 4.74. The molecule has 0 saturated carbocycles. The third-order valence-corrected chi connectivity index (χ3v) is 4.17. The molecule has 0 fully saturated rings. The molecule has 2 aromatic rings. The van der Waals surface area contributed by atoms with E-state index in [9.17, 15) is 4.79 Å². The van der Waals surface area contributed by atoms with Gasteiger partial charge in [0.25, 0.3) is 5.91 Å². The van der Waals surface area contributed by atoms with Gasteiger partial charge in [-0.15, -0.1) is 11.8 Å². The van der Waals surface area contributed by atoms with E-state index in [-0.39, 0.29) is 5.91 Å². The molecule has 2 rings (SSSR count). The molecule has 0 aliphatic heterocycles. The maximum atomic E-state index is 12.2. The second-order valence-corrected chi connectivity index (χ2v) is 5.66. The van der Waals surface area contributed by atoms with Gasteiger partial charge in [0, 0.05) is 31.2 Å². The number of nitrogens with one attached hydrogen (secondary N) is 1. The molecule has 1 N–H and O–H groups in total. The minimum Gasteiger partial charge on any atom is -0.383 e. The van der Waals surface area contributed by atoms with E-state index >= 15 is 0 Å². The second-order valence-electron chi connectivity index (χ2n) is 4.70. The van der Waals surface area contributed by atoms with Crippen molar-refractivity contribution in [2.75, 3.05) is 20.3 Å². The molecule has 0 aliphatic rings. The van der Waals surface area contributed by atoms with Gasteiger partial charge in [0.05, 0.1) is 17.9 Å². The molecule has 0 aromatic carbocycles. The number of methoxy groups -OCH3 is 1. The van der Waals surface area contributed by atoms with Crippen LogP contribution in [0.5, 0.6) is 0 Å². The van der Waals surface area contributed by atoms with E-state index in [0.717, 1.165) is 17.0 Å². The van der Waals surface area contributed by atoms with Crippen molar-refractivity contribution in [2.45, 2.75) is 24.6 Å². The Balaban J connectivity index is 2.06. The predicted molar refractivity (Wildman–Crippen MR) is 84.0 cm³/mol. The van der Waals surface area contributed by atoms with E-state index in [1.807, 2.05) is 13.8 Å². The monoisotopic (exact) mass is 321 g/mol. The number of amides is 1. The average Bonchev–Trinajstić information content (AvgIpc) is 2.84. The van der Waals surface area contributed by atoms with Crippen LogP contribution in [0.2, 0.25) is 0 Å². The molecule has 22 heavy (non-hydrogen) atoms. The molecule has 0 spiro atoms. The molecular formula is C15H19N3O3S. The zero-order valence-corrected chi connectivity index (χ0v) is 13.7. The number of carbonyl (C=O) groups is 1. The smallest absolute Gasteiger partial charge is 0.254 e. The Morgan fingerprint density at radius 3 is 2.95 bits per heavy atom. The Morgan fingerprint density at radius 2 is 2.27 bits per heavy atom. The van der Waals surface area contributed by atoms with Crippen molar-refractivity contribution in [1.29, 1.82) is 0 Å². The highest BCUT2D eigenvalue weighted by atomic mass is 32.2. The van der Waals surface area contributed by atoms with Crippen LogP contribution in [0.15, 0.2) is 27.9 Å². The van der Waals surface area contributed by atoms with Crippen LogP contribution in [0.25, 0.3) is 0 Å². The molecule has 2 heterocycles. The number of thioether (sulfide) groups is 1. The van der Waals surface area contributed by atoms with Crippen LogP contribution in [0.4, 0.5) is 0 Å². The fraction of sp³-hybridized carbons (Fsp3) is 0.400. The molecule has 0 radical (unpaired) electrons. The molecule has 0 unspecified atom stereocenters. The number of hydrogen-bond donors (Lipinski definition) is 1. The first-order valence-electron chi connectivity index (χ1n) is 6.90. The molecule has 7 heteroatoms. The van der Waals surface area contributed by atoms with Crippen molar-refractivity contribution in [3.05, 3.63) is 40.9 Å². The quantitative estimate of drug-likeness (QED) is 0.623. The number of hydrogen-bond acceptors (Lipinski definition) is 6. The number of rotatable bonds is 7. The highest BCUT2D eigenvalue weighted by Crippen LogP contribution is 2.27. The van der Waals surface area contributed by atoms with Gasteiger partial charge in [0.2, 0.25) is 0 Å². The lowest BCUT2D eigenvalue weighted by Crippen LogP contribution is -2.27.